The van der Waals surface area contributed by atoms with Crippen LogP contribution in [0.15, 0.2) is 30.5 Å². The fourth-order valence-electron chi connectivity index (χ4n) is 3.14. The standard InChI is InChI=1S/C18H20IN5O4/c1-13-20-16(24(27)28)12-23(13)7-6-17(25)21-8-10-22(11-9-21)18(26)14-4-2-3-5-15(14)19/h2-5,12H,6-11H2,1H3. The summed E-state index contributed by atoms with van der Waals surface area (Å²) in [7, 11) is 0. The number of amides is 2. The molecule has 0 radical (unpaired) electrons. The fraction of sp³-hybridized carbons (Fsp3) is 0.389. The van der Waals surface area contributed by atoms with Crippen LogP contribution in [0.4, 0.5) is 5.82 Å². The molecule has 9 nitrogen and oxygen atoms in total. The lowest BCUT2D eigenvalue weighted by Crippen LogP contribution is -2.50. The van der Waals surface area contributed by atoms with Gasteiger partial charge in [-0.25, -0.2) is 0 Å². The molecule has 1 aromatic heterocycles. The first kappa shape index (κ1) is 20.2. The number of aryl methyl sites for hydroxylation is 2. The summed E-state index contributed by atoms with van der Waals surface area (Å²) >= 11 is 2.15. The van der Waals surface area contributed by atoms with E-state index in [4.69, 9.17) is 0 Å². The molecule has 2 aromatic rings. The summed E-state index contributed by atoms with van der Waals surface area (Å²) in [4.78, 5) is 42.7. The highest BCUT2D eigenvalue weighted by Gasteiger charge is 2.26. The lowest BCUT2D eigenvalue weighted by molar-refractivity contribution is -0.389. The van der Waals surface area contributed by atoms with Crippen LogP contribution in [-0.4, -0.2) is 62.3 Å². The van der Waals surface area contributed by atoms with Crippen LogP contribution in [0.1, 0.15) is 22.6 Å². The number of hydrogen-bond donors (Lipinski definition) is 0. The number of carbonyl (C=O) groups is 2. The monoisotopic (exact) mass is 497 g/mol. The SMILES string of the molecule is Cc1nc([N+](=O)[O-])cn1CCC(=O)N1CCN(C(=O)c2ccccc2I)CC1. The number of aromatic nitrogens is 2. The Balaban J connectivity index is 1.52. The largest absolute Gasteiger partial charge is 0.381 e. The van der Waals surface area contributed by atoms with E-state index in [9.17, 15) is 19.7 Å². The van der Waals surface area contributed by atoms with E-state index in [-0.39, 0.29) is 24.1 Å². The number of benzene rings is 1. The minimum Gasteiger partial charge on any atom is -0.358 e. The molecule has 0 unspecified atom stereocenters. The van der Waals surface area contributed by atoms with Crippen molar-refractivity contribution in [2.45, 2.75) is 19.9 Å². The first-order chi connectivity index (χ1) is 13.4. The molecule has 28 heavy (non-hydrogen) atoms. The highest BCUT2D eigenvalue weighted by atomic mass is 127. The van der Waals surface area contributed by atoms with E-state index in [0.717, 1.165) is 3.57 Å². The Labute approximate surface area is 175 Å². The topological polar surface area (TPSA) is 102 Å². The molecule has 1 saturated heterocycles. The van der Waals surface area contributed by atoms with Crippen LogP contribution in [0.5, 0.6) is 0 Å². The van der Waals surface area contributed by atoms with Crippen LogP contribution in [0.25, 0.3) is 0 Å². The van der Waals surface area contributed by atoms with E-state index in [0.29, 0.717) is 44.1 Å². The molecule has 0 atom stereocenters. The first-order valence-corrected chi connectivity index (χ1v) is 9.94. The zero-order chi connectivity index (χ0) is 20.3. The van der Waals surface area contributed by atoms with Gasteiger partial charge < -0.3 is 24.5 Å². The van der Waals surface area contributed by atoms with Gasteiger partial charge in [0.2, 0.25) is 11.7 Å². The Morgan fingerprint density at radius 2 is 1.82 bits per heavy atom. The highest BCUT2D eigenvalue weighted by molar-refractivity contribution is 14.1. The fourth-order valence-corrected chi connectivity index (χ4v) is 3.76. The lowest BCUT2D eigenvalue weighted by Gasteiger charge is -2.35. The smallest absolute Gasteiger partial charge is 0.358 e. The first-order valence-electron chi connectivity index (χ1n) is 8.86. The third-order valence-electron chi connectivity index (χ3n) is 4.74. The summed E-state index contributed by atoms with van der Waals surface area (Å²) in [5.41, 5.74) is 0.681. The molecule has 0 saturated carbocycles. The van der Waals surface area contributed by atoms with Gasteiger partial charge in [-0.05, 0) is 44.6 Å². The van der Waals surface area contributed by atoms with Crippen molar-refractivity contribution in [3.63, 3.8) is 0 Å². The molecule has 1 aliphatic heterocycles. The van der Waals surface area contributed by atoms with Crippen LogP contribution in [0.3, 0.4) is 0 Å². The number of imidazole rings is 1. The summed E-state index contributed by atoms with van der Waals surface area (Å²) < 4.78 is 2.53. The molecule has 2 amide bonds. The number of carbonyl (C=O) groups excluding carboxylic acids is 2. The van der Waals surface area contributed by atoms with Crippen molar-refractivity contribution < 1.29 is 14.5 Å². The lowest BCUT2D eigenvalue weighted by atomic mass is 10.2. The van der Waals surface area contributed by atoms with Crippen molar-refractivity contribution in [3.05, 3.63) is 55.5 Å². The summed E-state index contributed by atoms with van der Waals surface area (Å²) in [6.45, 7) is 3.96. The third kappa shape index (κ3) is 4.49. The van der Waals surface area contributed by atoms with E-state index in [1.807, 2.05) is 24.3 Å². The maximum atomic E-state index is 12.7. The van der Waals surface area contributed by atoms with Crippen molar-refractivity contribution in [1.29, 1.82) is 0 Å². The van der Waals surface area contributed by atoms with E-state index >= 15 is 0 Å². The van der Waals surface area contributed by atoms with Gasteiger partial charge in [-0.1, -0.05) is 12.1 Å². The molecule has 1 fully saturated rings. The maximum Gasteiger partial charge on any atom is 0.381 e. The predicted octanol–water partition coefficient (Wildman–Crippen LogP) is 2.08. The van der Waals surface area contributed by atoms with Gasteiger partial charge in [-0.2, -0.15) is 0 Å². The molecule has 1 aliphatic rings. The summed E-state index contributed by atoms with van der Waals surface area (Å²) in [5.74, 6) is 0.246. The molecule has 148 valence electrons. The predicted molar refractivity (Wildman–Crippen MR) is 110 cm³/mol. The highest BCUT2D eigenvalue weighted by Crippen LogP contribution is 2.16. The van der Waals surface area contributed by atoms with Gasteiger partial charge in [0, 0.05) is 49.6 Å². The van der Waals surface area contributed by atoms with Crippen molar-refractivity contribution in [2.75, 3.05) is 26.2 Å². The van der Waals surface area contributed by atoms with Crippen molar-refractivity contribution >= 4 is 40.2 Å². The van der Waals surface area contributed by atoms with E-state index in [1.54, 1.807) is 21.3 Å². The Hall–Kier alpha value is -2.50. The van der Waals surface area contributed by atoms with E-state index in [1.165, 1.54) is 6.20 Å². The second-order valence-electron chi connectivity index (χ2n) is 6.50. The number of hydrogen-bond acceptors (Lipinski definition) is 5. The van der Waals surface area contributed by atoms with Crippen molar-refractivity contribution in [3.8, 4) is 0 Å². The van der Waals surface area contributed by atoms with Crippen LogP contribution in [-0.2, 0) is 11.3 Å². The van der Waals surface area contributed by atoms with Crippen LogP contribution >= 0.6 is 22.6 Å². The Morgan fingerprint density at radius 3 is 2.43 bits per heavy atom. The van der Waals surface area contributed by atoms with E-state index < -0.39 is 4.92 Å². The molecule has 0 N–H and O–H groups in total. The second kappa shape index (κ2) is 8.67. The molecule has 0 aliphatic carbocycles. The Kier molecular flexibility index (Phi) is 6.27. The van der Waals surface area contributed by atoms with Crippen LogP contribution < -0.4 is 0 Å². The van der Waals surface area contributed by atoms with Crippen molar-refractivity contribution in [1.82, 2.24) is 19.4 Å². The number of piperazine rings is 1. The third-order valence-corrected chi connectivity index (χ3v) is 5.68. The molecule has 0 spiro atoms. The average molecular weight is 497 g/mol. The van der Waals surface area contributed by atoms with Crippen LogP contribution in [0, 0.1) is 20.6 Å². The van der Waals surface area contributed by atoms with Crippen molar-refractivity contribution in [2.24, 2.45) is 0 Å². The summed E-state index contributed by atoms with van der Waals surface area (Å²) in [5, 5.41) is 10.8. The molecule has 2 heterocycles. The zero-order valence-corrected chi connectivity index (χ0v) is 17.5. The van der Waals surface area contributed by atoms with Gasteiger partial charge in [0.1, 0.15) is 6.20 Å². The molecule has 0 bridgehead atoms. The molecule has 3 rings (SSSR count). The van der Waals surface area contributed by atoms with Crippen LogP contribution in [0.2, 0.25) is 0 Å². The normalized spacial score (nSPS) is 14.2. The van der Waals surface area contributed by atoms with Gasteiger partial charge >= 0.3 is 5.82 Å². The van der Waals surface area contributed by atoms with Gasteiger partial charge in [-0.3, -0.25) is 9.59 Å². The summed E-state index contributed by atoms with van der Waals surface area (Å²) in [6.07, 6.45) is 1.58. The van der Waals surface area contributed by atoms with Gasteiger partial charge in [0.25, 0.3) is 5.91 Å². The number of nitro groups is 1. The Morgan fingerprint density at radius 1 is 1.18 bits per heavy atom. The van der Waals surface area contributed by atoms with Gasteiger partial charge in [0.15, 0.2) is 0 Å². The molecular formula is C18H20IN5O4. The number of nitrogens with zero attached hydrogens (tertiary/aromatic N) is 5. The molecular weight excluding hydrogens is 477 g/mol. The number of halogens is 1. The quantitative estimate of drug-likeness (QED) is 0.358. The summed E-state index contributed by atoms with van der Waals surface area (Å²) in [6, 6.07) is 7.45. The Bertz CT molecular complexity index is 905. The second-order valence-corrected chi connectivity index (χ2v) is 7.66. The maximum absolute atomic E-state index is 12.7. The minimum absolute atomic E-state index is 0.0153. The zero-order valence-electron chi connectivity index (χ0n) is 15.4. The van der Waals surface area contributed by atoms with Gasteiger partial charge in [0.05, 0.1) is 5.56 Å². The molecule has 1 aromatic carbocycles. The number of rotatable bonds is 5. The van der Waals surface area contributed by atoms with Gasteiger partial charge in [-0.15, -0.1) is 0 Å². The molecule has 10 heteroatoms. The minimum atomic E-state index is -0.546. The van der Waals surface area contributed by atoms with E-state index in [2.05, 4.69) is 27.6 Å². The average Bonchev–Trinajstić information content (AvgIpc) is 3.07.